The largest absolute Gasteiger partial charge is 0.464 e. The third-order valence-corrected chi connectivity index (χ3v) is 6.83. The number of halogens is 1. The average molecular weight is 475 g/mol. The zero-order valence-electron chi connectivity index (χ0n) is 17.4. The number of carbonyl (C=O) groups is 1. The number of nitrogens with zero attached hydrogens (tertiary/aromatic N) is 1. The number of esters is 1. The number of rotatable bonds is 9. The molecule has 3 rings (SSSR count). The first-order chi connectivity index (χ1) is 15.3. The second-order valence-corrected chi connectivity index (χ2v) is 9.43. The molecule has 1 atom stereocenters. The summed E-state index contributed by atoms with van der Waals surface area (Å²) in [6.07, 6.45) is 1.25. The molecular weight excluding hydrogens is 452 g/mol. The molecule has 0 radical (unpaired) electrons. The van der Waals surface area contributed by atoms with Gasteiger partial charge in [0.2, 0.25) is 9.84 Å². The number of aliphatic hydroxyl groups is 1. The van der Waals surface area contributed by atoms with Crippen molar-refractivity contribution in [2.75, 3.05) is 20.2 Å². The first kappa shape index (κ1) is 23.9. The van der Waals surface area contributed by atoms with Crippen molar-refractivity contribution in [3.8, 4) is 0 Å². The van der Waals surface area contributed by atoms with Crippen molar-refractivity contribution in [2.45, 2.75) is 22.3 Å². The number of sulfone groups is 1. The molecule has 32 heavy (non-hydrogen) atoms. The molecule has 0 fully saturated rings. The van der Waals surface area contributed by atoms with Gasteiger partial charge in [-0.25, -0.2) is 18.2 Å². The van der Waals surface area contributed by atoms with Crippen LogP contribution >= 0.6 is 11.6 Å². The highest BCUT2D eigenvalue weighted by atomic mass is 35.5. The Morgan fingerprint density at radius 1 is 1.12 bits per heavy atom. The van der Waals surface area contributed by atoms with Crippen LogP contribution in [0.1, 0.15) is 27.7 Å². The van der Waals surface area contributed by atoms with Gasteiger partial charge in [-0.05, 0) is 60.5 Å². The highest BCUT2D eigenvalue weighted by molar-refractivity contribution is 7.91. The number of carbonyl (C=O) groups excluding carboxylic acids is 1. The summed E-state index contributed by atoms with van der Waals surface area (Å²) in [4.78, 5) is 15.6. The van der Waals surface area contributed by atoms with Crippen molar-refractivity contribution in [3.63, 3.8) is 0 Å². The van der Waals surface area contributed by atoms with Gasteiger partial charge in [-0.2, -0.15) is 0 Å². The Morgan fingerprint density at radius 2 is 1.88 bits per heavy atom. The summed E-state index contributed by atoms with van der Waals surface area (Å²) in [6.45, 7) is 0.980. The first-order valence-corrected chi connectivity index (χ1v) is 11.7. The topological polar surface area (TPSA) is 106 Å². The molecule has 0 amide bonds. The average Bonchev–Trinajstić information content (AvgIpc) is 2.81. The minimum Gasteiger partial charge on any atom is -0.464 e. The normalized spacial score (nSPS) is 12.3. The summed E-state index contributed by atoms with van der Waals surface area (Å²) in [5.74, 6) is -0.703. The highest BCUT2D eigenvalue weighted by Crippen LogP contribution is 2.22. The van der Waals surface area contributed by atoms with Gasteiger partial charge in [0.25, 0.3) is 0 Å². The molecule has 3 aromatic rings. The third-order valence-electron chi connectivity index (χ3n) is 4.83. The van der Waals surface area contributed by atoms with Crippen LogP contribution in [0.3, 0.4) is 0 Å². The number of nitrogens with one attached hydrogen (secondary N) is 1. The van der Waals surface area contributed by atoms with Gasteiger partial charge in [-0.3, -0.25) is 0 Å². The minimum absolute atomic E-state index is 0.0303. The molecule has 0 bridgehead atoms. The summed E-state index contributed by atoms with van der Waals surface area (Å²) in [5.41, 5.74) is 1.61. The zero-order chi connectivity index (χ0) is 23.1. The van der Waals surface area contributed by atoms with Crippen LogP contribution in [-0.4, -0.2) is 44.7 Å². The number of aliphatic hydroxyl groups excluding tert-OH is 1. The van der Waals surface area contributed by atoms with E-state index in [0.29, 0.717) is 24.5 Å². The molecule has 0 saturated carbocycles. The molecule has 0 aliphatic carbocycles. The van der Waals surface area contributed by atoms with Crippen molar-refractivity contribution in [1.29, 1.82) is 0 Å². The highest BCUT2D eigenvalue weighted by Gasteiger charge is 2.20. The standard InChI is InChI=1S/C23H23ClN2O5S/c1-31-23(28)21-14-20(10-12-26-21)32(29,30)19-7-5-16(6-8-19)9-11-25-15-22(27)17-3-2-4-18(24)13-17/h2-8,10,12-14,22,25,27H,9,11,15H2,1H3/t22-/m0/s1. The zero-order valence-corrected chi connectivity index (χ0v) is 18.9. The predicted molar refractivity (Wildman–Crippen MR) is 120 cm³/mol. The molecule has 0 spiro atoms. The van der Waals surface area contributed by atoms with Crippen LogP contribution in [0.5, 0.6) is 0 Å². The Bertz CT molecular complexity index is 1180. The molecule has 9 heteroatoms. The lowest BCUT2D eigenvalue weighted by atomic mass is 10.1. The summed E-state index contributed by atoms with van der Waals surface area (Å²) >= 11 is 5.94. The lowest BCUT2D eigenvalue weighted by Crippen LogP contribution is -2.23. The second kappa shape index (κ2) is 10.7. The number of benzene rings is 2. The number of ether oxygens (including phenoxy) is 1. The van der Waals surface area contributed by atoms with E-state index < -0.39 is 21.9 Å². The molecule has 0 aliphatic heterocycles. The maximum absolute atomic E-state index is 12.9. The molecule has 2 N–H and O–H groups in total. The van der Waals surface area contributed by atoms with Gasteiger partial charge in [0, 0.05) is 17.8 Å². The monoisotopic (exact) mass is 474 g/mol. The first-order valence-electron chi connectivity index (χ1n) is 9.84. The van der Waals surface area contributed by atoms with Crippen molar-refractivity contribution in [3.05, 3.63) is 88.7 Å². The molecule has 0 aliphatic rings. The number of methoxy groups -OCH3 is 1. The van der Waals surface area contributed by atoms with Gasteiger partial charge >= 0.3 is 5.97 Å². The van der Waals surface area contributed by atoms with Crippen LogP contribution < -0.4 is 5.32 Å². The molecule has 7 nitrogen and oxygen atoms in total. The summed E-state index contributed by atoms with van der Waals surface area (Å²) in [5, 5.41) is 14.0. The molecule has 168 valence electrons. The number of hydrogen-bond acceptors (Lipinski definition) is 7. The van der Waals surface area contributed by atoms with Gasteiger partial charge in [0.05, 0.1) is 23.0 Å². The Hall–Kier alpha value is -2.78. The van der Waals surface area contributed by atoms with Gasteiger partial charge in [0.15, 0.2) is 0 Å². The van der Waals surface area contributed by atoms with E-state index in [2.05, 4.69) is 15.0 Å². The van der Waals surface area contributed by atoms with E-state index in [1.807, 2.05) is 6.07 Å². The molecular formula is C23H23ClN2O5S. The van der Waals surface area contributed by atoms with Gasteiger partial charge in [-0.15, -0.1) is 0 Å². The van der Waals surface area contributed by atoms with E-state index in [-0.39, 0.29) is 15.5 Å². The fraction of sp³-hybridized carbons (Fsp3) is 0.217. The van der Waals surface area contributed by atoms with Gasteiger partial charge in [-0.1, -0.05) is 35.9 Å². The van der Waals surface area contributed by atoms with E-state index in [0.717, 1.165) is 11.1 Å². The van der Waals surface area contributed by atoms with Crippen molar-refractivity contribution in [1.82, 2.24) is 10.3 Å². The van der Waals surface area contributed by atoms with Crippen LogP contribution in [0.15, 0.2) is 76.7 Å². The maximum Gasteiger partial charge on any atom is 0.356 e. The number of pyridine rings is 1. The van der Waals surface area contributed by atoms with Crippen LogP contribution in [0.25, 0.3) is 0 Å². The fourth-order valence-electron chi connectivity index (χ4n) is 3.07. The third kappa shape index (κ3) is 5.92. The SMILES string of the molecule is COC(=O)c1cc(S(=O)(=O)c2ccc(CCNC[C@H](O)c3cccc(Cl)c3)cc2)ccn1. The molecule has 1 heterocycles. The van der Waals surface area contributed by atoms with Crippen LogP contribution in [0.4, 0.5) is 0 Å². The Balaban J connectivity index is 1.58. The molecule has 1 aromatic heterocycles. The Labute approximate surface area is 192 Å². The van der Waals surface area contributed by atoms with Crippen LogP contribution in [-0.2, 0) is 21.0 Å². The molecule has 2 aromatic carbocycles. The van der Waals surface area contributed by atoms with Crippen molar-refractivity contribution >= 4 is 27.4 Å². The Morgan fingerprint density at radius 3 is 2.56 bits per heavy atom. The maximum atomic E-state index is 12.9. The second-order valence-electron chi connectivity index (χ2n) is 7.04. The molecule has 0 unspecified atom stereocenters. The smallest absolute Gasteiger partial charge is 0.356 e. The van der Waals surface area contributed by atoms with Crippen LogP contribution in [0, 0.1) is 0 Å². The lowest BCUT2D eigenvalue weighted by Gasteiger charge is -2.12. The number of aromatic nitrogens is 1. The summed E-state index contributed by atoms with van der Waals surface area (Å²) in [7, 11) is -2.59. The predicted octanol–water partition coefficient (Wildman–Crippen LogP) is 3.22. The number of hydrogen-bond donors (Lipinski definition) is 2. The Kier molecular flexibility index (Phi) is 7.98. The van der Waals surface area contributed by atoms with Gasteiger partial charge in [0.1, 0.15) is 5.69 Å². The fourth-order valence-corrected chi connectivity index (χ4v) is 4.54. The van der Waals surface area contributed by atoms with Gasteiger partial charge < -0.3 is 15.2 Å². The van der Waals surface area contributed by atoms with Crippen molar-refractivity contribution < 1.29 is 23.1 Å². The van der Waals surface area contributed by atoms with E-state index in [9.17, 15) is 18.3 Å². The van der Waals surface area contributed by atoms with E-state index in [1.54, 1.807) is 30.3 Å². The van der Waals surface area contributed by atoms with E-state index in [1.165, 1.54) is 37.6 Å². The minimum atomic E-state index is -3.80. The van der Waals surface area contributed by atoms with E-state index in [4.69, 9.17) is 11.6 Å². The van der Waals surface area contributed by atoms with Crippen LogP contribution in [0.2, 0.25) is 5.02 Å². The van der Waals surface area contributed by atoms with E-state index >= 15 is 0 Å². The quantitative estimate of drug-likeness (QED) is 0.362. The lowest BCUT2D eigenvalue weighted by molar-refractivity contribution is 0.0593. The summed E-state index contributed by atoms with van der Waals surface area (Å²) in [6, 6.07) is 16.2. The van der Waals surface area contributed by atoms with Crippen molar-refractivity contribution in [2.24, 2.45) is 0 Å². The summed E-state index contributed by atoms with van der Waals surface area (Å²) < 4.78 is 30.3. The molecule has 0 saturated heterocycles.